The van der Waals surface area contributed by atoms with Gasteiger partial charge in [-0.05, 0) is 51.5 Å². The molecule has 0 amide bonds. The van der Waals surface area contributed by atoms with Crippen molar-refractivity contribution in [2.45, 2.75) is 59.0 Å². The number of nitrogens with one attached hydrogen (secondary N) is 1. The van der Waals surface area contributed by atoms with E-state index in [0.29, 0.717) is 6.04 Å². The van der Waals surface area contributed by atoms with Gasteiger partial charge in [0.1, 0.15) is 0 Å². The average Bonchev–Trinajstić information content (AvgIpc) is 2.84. The number of rotatable bonds is 9. The van der Waals surface area contributed by atoms with E-state index in [1.165, 1.54) is 4.88 Å². The number of thiophene rings is 1. The number of halogens is 1. The lowest BCUT2D eigenvalue weighted by molar-refractivity contribution is 0.0710. The largest absolute Gasteiger partial charge is 0.312 e. The van der Waals surface area contributed by atoms with Gasteiger partial charge in [0, 0.05) is 16.5 Å². The molecule has 0 radical (unpaired) electrons. The summed E-state index contributed by atoms with van der Waals surface area (Å²) in [5.74, 6) is 0. The van der Waals surface area contributed by atoms with Crippen LogP contribution in [-0.2, 0) is 6.42 Å². The molecule has 0 aromatic carbocycles. The monoisotopic (exact) mass is 316 g/mol. The Labute approximate surface area is 133 Å². The molecule has 1 heterocycles. The first-order valence-electron chi connectivity index (χ1n) is 7.74. The Morgan fingerprint density at radius 1 is 1.25 bits per heavy atom. The molecule has 0 saturated carbocycles. The fourth-order valence-corrected chi connectivity index (χ4v) is 4.19. The molecule has 0 aliphatic carbocycles. The van der Waals surface area contributed by atoms with Crippen LogP contribution in [0.2, 0.25) is 4.34 Å². The molecule has 2 atom stereocenters. The van der Waals surface area contributed by atoms with E-state index >= 15 is 0 Å². The molecule has 1 aromatic rings. The van der Waals surface area contributed by atoms with Crippen LogP contribution in [0.15, 0.2) is 12.1 Å². The molecular formula is C16H29ClN2S. The van der Waals surface area contributed by atoms with Gasteiger partial charge in [0.15, 0.2) is 0 Å². The summed E-state index contributed by atoms with van der Waals surface area (Å²) in [6.07, 6.45) is 2.19. The van der Waals surface area contributed by atoms with Crippen LogP contribution >= 0.6 is 22.9 Å². The predicted molar refractivity (Wildman–Crippen MR) is 92.1 cm³/mol. The first-order valence-corrected chi connectivity index (χ1v) is 8.93. The van der Waals surface area contributed by atoms with Crippen LogP contribution < -0.4 is 5.32 Å². The molecule has 1 rings (SSSR count). The summed E-state index contributed by atoms with van der Waals surface area (Å²) >= 11 is 7.78. The van der Waals surface area contributed by atoms with Crippen LogP contribution in [0.25, 0.3) is 0 Å². The first-order chi connectivity index (χ1) is 9.51. The molecule has 4 heteroatoms. The van der Waals surface area contributed by atoms with Crippen molar-refractivity contribution in [2.75, 3.05) is 19.6 Å². The van der Waals surface area contributed by atoms with E-state index in [2.05, 4.69) is 50.9 Å². The molecule has 20 heavy (non-hydrogen) atoms. The van der Waals surface area contributed by atoms with E-state index < -0.39 is 0 Å². The molecule has 116 valence electrons. The highest BCUT2D eigenvalue weighted by molar-refractivity contribution is 7.16. The maximum atomic E-state index is 6.07. The molecular weight excluding hydrogens is 288 g/mol. The van der Waals surface area contributed by atoms with Crippen LogP contribution in [0.4, 0.5) is 0 Å². The zero-order valence-corrected chi connectivity index (χ0v) is 15.1. The minimum absolute atomic E-state index is 0.177. The predicted octanol–water partition coefficient (Wildman–Crippen LogP) is 4.43. The van der Waals surface area contributed by atoms with Gasteiger partial charge in [-0.1, -0.05) is 39.3 Å². The molecule has 0 aliphatic rings. The molecule has 0 saturated heterocycles. The molecule has 0 aliphatic heterocycles. The zero-order valence-electron chi connectivity index (χ0n) is 13.5. The highest BCUT2D eigenvalue weighted by atomic mass is 35.5. The highest BCUT2D eigenvalue weighted by Gasteiger charge is 2.36. The Bertz CT molecular complexity index is 390. The van der Waals surface area contributed by atoms with Crippen LogP contribution in [0.3, 0.4) is 0 Å². The minimum Gasteiger partial charge on any atom is -0.312 e. The van der Waals surface area contributed by atoms with Crippen molar-refractivity contribution in [3.05, 3.63) is 21.3 Å². The second-order valence-corrected chi connectivity index (χ2v) is 7.20. The van der Waals surface area contributed by atoms with E-state index in [-0.39, 0.29) is 5.54 Å². The van der Waals surface area contributed by atoms with Crippen LogP contribution in [0.1, 0.15) is 45.9 Å². The van der Waals surface area contributed by atoms with E-state index in [1.807, 2.05) is 6.07 Å². The molecule has 2 unspecified atom stereocenters. The van der Waals surface area contributed by atoms with E-state index in [0.717, 1.165) is 36.8 Å². The number of nitrogens with zero attached hydrogens (tertiary/aromatic N) is 1. The fraction of sp³-hybridized carbons (Fsp3) is 0.750. The second kappa shape index (κ2) is 8.38. The Balaban J connectivity index is 2.96. The summed E-state index contributed by atoms with van der Waals surface area (Å²) < 4.78 is 0.885. The number of hydrogen-bond donors (Lipinski definition) is 1. The van der Waals surface area contributed by atoms with E-state index in [1.54, 1.807) is 11.3 Å². The van der Waals surface area contributed by atoms with Gasteiger partial charge in [-0.3, -0.25) is 4.90 Å². The van der Waals surface area contributed by atoms with E-state index in [9.17, 15) is 0 Å². The number of likely N-dealkylation sites (N-methyl/N-ethyl adjacent to an activating group) is 2. The summed E-state index contributed by atoms with van der Waals surface area (Å²) in [6.45, 7) is 14.6. The van der Waals surface area contributed by atoms with Crippen molar-refractivity contribution in [1.29, 1.82) is 0 Å². The summed E-state index contributed by atoms with van der Waals surface area (Å²) in [7, 11) is 0. The van der Waals surface area contributed by atoms with Crippen molar-refractivity contribution < 1.29 is 0 Å². The third kappa shape index (κ3) is 4.20. The maximum absolute atomic E-state index is 6.07. The van der Waals surface area contributed by atoms with Crippen molar-refractivity contribution >= 4 is 22.9 Å². The van der Waals surface area contributed by atoms with Gasteiger partial charge in [0.25, 0.3) is 0 Å². The smallest absolute Gasteiger partial charge is 0.0931 e. The molecule has 1 N–H and O–H groups in total. The van der Waals surface area contributed by atoms with Gasteiger partial charge in [-0.25, -0.2) is 0 Å². The van der Waals surface area contributed by atoms with Gasteiger partial charge in [0.05, 0.1) is 4.34 Å². The Morgan fingerprint density at radius 2 is 1.90 bits per heavy atom. The average molecular weight is 317 g/mol. The Kier molecular flexibility index (Phi) is 7.52. The summed E-state index contributed by atoms with van der Waals surface area (Å²) in [4.78, 5) is 3.95. The Hall–Kier alpha value is -0.0900. The van der Waals surface area contributed by atoms with Crippen LogP contribution in [-0.4, -0.2) is 36.1 Å². The number of hydrogen-bond acceptors (Lipinski definition) is 3. The molecule has 0 bridgehead atoms. The van der Waals surface area contributed by atoms with Gasteiger partial charge in [0.2, 0.25) is 0 Å². The summed E-state index contributed by atoms with van der Waals surface area (Å²) in [6, 6.07) is 4.62. The maximum Gasteiger partial charge on any atom is 0.0931 e. The quantitative estimate of drug-likeness (QED) is 0.725. The fourth-order valence-electron chi connectivity index (χ4n) is 3.06. The third-order valence-corrected chi connectivity index (χ3v) is 5.69. The second-order valence-electron chi connectivity index (χ2n) is 5.40. The van der Waals surface area contributed by atoms with Crippen LogP contribution in [0.5, 0.6) is 0 Å². The molecule has 2 nitrogen and oxygen atoms in total. The highest BCUT2D eigenvalue weighted by Crippen LogP contribution is 2.29. The van der Waals surface area contributed by atoms with Crippen molar-refractivity contribution in [3.8, 4) is 0 Å². The molecule has 1 aromatic heterocycles. The minimum atomic E-state index is 0.177. The Morgan fingerprint density at radius 3 is 2.30 bits per heavy atom. The van der Waals surface area contributed by atoms with Gasteiger partial charge in [-0.2, -0.15) is 0 Å². The van der Waals surface area contributed by atoms with Gasteiger partial charge >= 0.3 is 0 Å². The lowest BCUT2D eigenvalue weighted by Crippen LogP contribution is -2.60. The standard InChI is InChI=1S/C16H29ClN2S/c1-6-16(5,19(8-3)9-4)14(18-7-2)12-13-10-11-15(17)20-13/h10-11,14,18H,6-9,12H2,1-5H3. The lowest BCUT2D eigenvalue weighted by atomic mass is 9.84. The summed E-state index contributed by atoms with van der Waals surface area (Å²) in [5, 5.41) is 3.70. The normalized spacial score (nSPS) is 16.4. The van der Waals surface area contributed by atoms with Crippen LogP contribution in [0, 0.1) is 0 Å². The topological polar surface area (TPSA) is 15.3 Å². The van der Waals surface area contributed by atoms with Crippen molar-refractivity contribution in [2.24, 2.45) is 0 Å². The van der Waals surface area contributed by atoms with Gasteiger partial charge in [-0.15, -0.1) is 11.3 Å². The molecule has 0 fully saturated rings. The molecule has 0 spiro atoms. The lowest BCUT2D eigenvalue weighted by Gasteiger charge is -2.46. The first kappa shape index (κ1) is 18.0. The van der Waals surface area contributed by atoms with E-state index in [4.69, 9.17) is 11.6 Å². The van der Waals surface area contributed by atoms with Gasteiger partial charge < -0.3 is 5.32 Å². The third-order valence-electron chi connectivity index (χ3n) is 4.44. The zero-order chi connectivity index (χ0) is 15.2. The van der Waals surface area contributed by atoms with Crippen molar-refractivity contribution in [3.63, 3.8) is 0 Å². The SMILES string of the molecule is CCNC(Cc1ccc(Cl)s1)C(C)(CC)N(CC)CC. The summed E-state index contributed by atoms with van der Waals surface area (Å²) in [5.41, 5.74) is 0.177. The van der Waals surface area contributed by atoms with Crippen molar-refractivity contribution in [1.82, 2.24) is 10.2 Å².